The molecule has 0 aliphatic carbocycles. The summed E-state index contributed by atoms with van der Waals surface area (Å²) in [6, 6.07) is 8.59. The van der Waals surface area contributed by atoms with Crippen LogP contribution in [0.15, 0.2) is 40.5 Å². The SMILES string of the molecule is CCCCCOc1ccc(C(=O)OCc2nc3ccsc3c(=O)[nH]2)cc1. The highest BCUT2D eigenvalue weighted by Crippen LogP contribution is 2.15. The Morgan fingerprint density at radius 1 is 1.19 bits per heavy atom. The van der Waals surface area contributed by atoms with Crippen molar-refractivity contribution < 1.29 is 14.3 Å². The molecular weight excluding hydrogens is 352 g/mol. The van der Waals surface area contributed by atoms with Gasteiger partial charge in [0.05, 0.1) is 17.7 Å². The zero-order valence-electron chi connectivity index (χ0n) is 14.5. The monoisotopic (exact) mass is 372 g/mol. The van der Waals surface area contributed by atoms with Gasteiger partial charge >= 0.3 is 5.97 Å². The number of hydrogen-bond donors (Lipinski definition) is 1. The smallest absolute Gasteiger partial charge is 0.338 e. The van der Waals surface area contributed by atoms with E-state index in [1.807, 2.05) is 0 Å². The Bertz CT molecular complexity index is 931. The van der Waals surface area contributed by atoms with Gasteiger partial charge in [-0.05, 0) is 42.1 Å². The quantitative estimate of drug-likeness (QED) is 0.479. The van der Waals surface area contributed by atoms with E-state index >= 15 is 0 Å². The summed E-state index contributed by atoms with van der Waals surface area (Å²) in [5.74, 6) is 0.576. The number of unbranched alkanes of at least 4 members (excludes halogenated alkanes) is 2. The average molecular weight is 372 g/mol. The fourth-order valence-electron chi connectivity index (χ4n) is 2.44. The topological polar surface area (TPSA) is 81.3 Å². The minimum absolute atomic E-state index is 0.0882. The molecule has 0 radical (unpaired) electrons. The molecule has 136 valence electrons. The van der Waals surface area contributed by atoms with Gasteiger partial charge in [0, 0.05) is 0 Å². The second kappa shape index (κ2) is 8.62. The van der Waals surface area contributed by atoms with Crippen LogP contribution in [0, 0.1) is 0 Å². The molecule has 0 aliphatic heterocycles. The molecule has 0 saturated carbocycles. The predicted molar refractivity (Wildman–Crippen MR) is 101 cm³/mol. The van der Waals surface area contributed by atoms with Gasteiger partial charge in [0.2, 0.25) is 0 Å². The number of aromatic amines is 1. The lowest BCUT2D eigenvalue weighted by Crippen LogP contribution is -2.13. The molecule has 6 nitrogen and oxygen atoms in total. The standard InChI is InChI=1S/C19H20N2O4S/c1-2-3-4-10-24-14-7-5-13(6-8-14)19(23)25-12-16-20-15-9-11-26-17(15)18(22)21-16/h5-9,11H,2-4,10,12H2,1H3,(H,20,21,22). The Balaban J connectivity index is 1.56. The molecule has 0 aliphatic rings. The molecule has 3 aromatic rings. The van der Waals surface area contributed by atoms with Crippen LogP contribution in [0.3, 0.4) is 0 Å². The summed E-state index contributed by atoms with van der Waals surface area (Å²) in [5.41, 5.74) is 0.805. The maximum absolute atomic E-state index is 12.1. The van der Waals surface area contributed by atoms with E-state index in [0.29, 0.717) is 28.2 Å². The predicted octanol–water partition coefficient (Wildman–Crippen LogP) is 3.91. The molecule has 2 aromatic heterocycles. The number of thiophene rings is 1. The summed E-state index contributed by atoms with van der Waals surface area (Å²) in [6.45, 7) is 2.72. The Kier molecular flexibility index (Phi) is 6.01. The first kappa shape index (κ1) is 18.1. The highest BCUT2D eigenvalue weighted by atomic mass is 32.1. The van der Waals surface area contributed by atoms with Crippen molar-refractivity contribution in [3.8, 4) is 5.75 Å². The van der Waals surface area contributed by atoms with Crippen molar-refractivity contribution in [1.82, 2.24) is 9.97 Å². The molecule has 0 spiro atoms. The molecule has 0 unspecified atom stereocenters. The van der Waals surface area contributed by atoms with Crippen molar-refractivity contribution in [2.24, 2.45) is 0 Å². The van der Waals surface area contributed by atoms with Crippen LogP contribution in [-0.2, 0) is 11.3 Å². The number of carbonyl (C=O) groups is 1. The van der Waals surface area contributed by atoms with E-state index in [4.69, 9.17) is 9.47 Å². The molecule has 2 heterocycles. The highest BCUT2D eigenvalue weighted by molar-refractivity contribution is 7.17. The van der Waals surface area contributed by atoms with Crippen LogP contribution < -0.4 is 10.3 Å². The van der Waals surface area contributed by atoms with E-state index in [-0.39, 0.29) is 12.2 Å². The van der Waals surface area contributed by atoms with Crippen molar-refractivity contribution in [3.05, 3.63) is 57.5 Å². The van der Waals surface area contributed by atoms with Crippen LogP contribution in [0.2, 0.25) is 0 Å². The number of fused-ring (bicyclic) bond motifs is 1. The molecule has 0 atom stereocenters. The third-order valence-electron chi connectivity index (χ3n) is 3.81. The van der Waals surface area contributed by atoms with E-state index in [0.717, 1.165) is 25.0 Å². The second-order valence-corrected chi connectivity index (χ2v) is 6.72. The van der Waals surface area contributed by atoms with Gasteiger partial charge < -0.3 is 14.5 Å². The van der Waals surface area contributed by atoms with Crippen molar-refractivity contribution in [2.75, 3.05) is 6.61 Å². The maximum atomic E-state index is 12.1. The first-order valence-corrected chi connectivity index (χ1v) is 9.41. The van der Waals surface area contributed by atoms with Crippen molar-refractivity contribution in [1.29, 1.82) is 0 Å². The van der Waals surface area contributed by atoms with Crippen LogP contribution >= 0.6 is 11.3 Å². The number of rotatable bonds is 8. The molecule has 7 heteroatoms. The van der Waals surface area contributed by atoms with Crippen molar-refractivity contribution in [3.63, 3.8) is 0 Å². The van der Waals surface area contributed by atoms with E-state index < -0.39 is 5.97 Å². The van der Waals surface area contributed by atoms with E-state index in [9.17, 15) is 9.59 Å². The van der Waals surface area contributed by atoms with E-state index in [1.54, 1.807) is 35.7 Å². The van der Waals surface area contributed by atoms with E-state index in [1.165, 1.54) is 11.3 Å². The minimum atomic E-state index is -0.476. The third-order valence-corrected chi connectivity index (χ3v) is 4.71. The molecule has 0 fully saturated rings. The van der Waals surface area contributed by atoms with Crippen LogP contribution in [0.25, 0.3) is 10.2 Å². The molecule has 1 N–H and O–H groups in total. The summed E-state index contributed by atoms with van der Waals surface area (Å²) in [5, 5.41) is 1.80. The van der Waals surface area contributed by atoms with Gasteiger partial charge in [0.15, 0.2) is 0 Å². The number of nitrogens with zero attached hydrogens (tertiary/aromatic N) is 1. The van der Waals surface area contributed by atoms with Crippen LogP contribution in [0.4, 0.5) is 0 Å². The Hall–Kier alpha value is -2.67. The third kappa shape index (κ3) is 4.49. The lowest BCUT2D eigenvalue weighted by Gasteiger charge is -2.07. The van der Waals surface area contributed by atoms with Crippen LogP contribution in [0.1, 0.15) is 42.4 Å². The fourth-order valence-corrected chi connectivity index (χ4v) is 3.16. The zero-order chi connectivity index (χ0) is 18.4. The first-order valence-electron chi connectivity index (χ1n) is 8.53. The largest absolute Gasteiger partial charge is 0.494 e. The number of carbonyl (C=O) groups excluding carboxylic acids is 1. The lowest BCUT2D eigenvalue weighted by molar-refractivity contribution is 0.0462. The van der Waals surface area contributed by atoms with Gasteiger partial charge in [-0.25, -0.2) is 9.78 Å². The Morgan fingerprint density at radius 3 is 2.77 bits per heavy atom. The number of esters is 1. The van der Waals surface area contributed by atoms with Crippen molar-refractivity contribution >= 4 is 27.5 Å². The maximum Gasteiger partial charge on any atom is 0.338 e. The first-order chi connectivity index (χ1) is 12.7. The van der Waals surface area contributed by atoms with Gasteiger partial charge in [0.1, 0.15) is 22.9 Å². The molecule has 0 bridgehead atoms. The minimum Gasteiger partial charge on any atom is -0.494 e. The lowest BCUT2D eigenvalue weighted by atomic mass is 10.2. The van der Waals surface area contributed by atoms with Crippen molar-refractivity contribution in [2.45, 2.75) is 32.8 Å². The molecule has 0 amide bonds. The fraction of sp³-hybridized carbons (Fsp3) is 0.316. The summed E-state index contributed by atoms with van der Waals surface area (Å²) < 4.78 is 11.4. The molecule has 0 saturated heterocycles. The van der Waals surface area contributed by atoms with Gasteiger partial charge in [-0.15, -0.1) is 11.3 Å². The Labute approximate surface area is 154 Å². The van der Waals surface area contributed by atoms with Gasteiger partial charge in [-0.2, -0.15) is 0 Å². The number of nitrogens with one attached hydrogen (secondary N) is 1. The second-order valence-electron chi connectivity index (χ2n) is 5.80. The number of H-pyrrole nitrogens is 1. The normalized spacial score (nSPS) is 10.8. The number of ether oxygens (including phenoxy) is 2. The van der Waals surface area contributed by atoms with Gasteiger partial charge in [-0.1, -0.05) is 19.8 Å². The Morgan fingerprint density at radius 2 is 2.00 bits per heavy atom. The summed E-state index contributed by atoms with van der Waals surface area (Å²) in [4.78, 5) is 31.0. The summed E-state index contributed by atoms with van der Waals surface area (Å²) in [6.07, 6.45) is 3.30. The molecule has 3 rings (SSSR count). The number of benzene rings is 1. The summed E-state index contributed by atoms with van der Waals surface area (Å²) in [7, 11) is 0. The van der Waals surface area contributed by atoms with Gasteiger partial charge in [-0.3, -0.25) is 4.79 Å². The molecular formula is C19H20N2O4S. The average Bonchev–Trinajstić information content (AvgIpc) is 3.13. The molecule has 26 heavy (non-hydrogen) atoms. The highest BCUT2D eigenvalue weighted by Gasteiger charge is 2.10. The number of hydrogen-bond acceptors (Lipinski definition) is 6. The van der Waals surface area contributed by atoms with E-state index in [2.05, 4.69) is 16.9 Å². The van der Waals surface area contributed by atoms with Crippen LogP contribution in [-0.4, -0.2) is 22.5 Å². The molecule has 1 aromatic carbocycles. The van der Waals surface area contributed by atoms with Gasteiger partial charge in [0.25, 0.3) is 5.56 Å². The van der Waals surface area contributed by atoms with Crippen LogP contribution in [0.5, 0.6) is 5.75 Å². The zero-order valence-corrected chi connectivity index (χ0v) is 15.3. The number of aromatic nitrogens is 2. The summed E-state index contributed by atoms with van der Waals surface area (Å²) >= 11 is 1.33.